The lowest BCUT2D eigenvalue weighted by molar-refractivity contribution is -0.117. The van der Waals surface area contributed by atoms with Crippen LogP contribution < -0.4 is 5.32 Å². The van der Waals surface area contributed by atoms with Crippen LogP contribution in [0, 0.1) is 0 Å². The first-order valence-electron chi connectivity index (χ1n) is 5.40. The number of nitrogens with one attached hydrogen (secondary N) is 1. The molecular formula is C13H17NO3. The average molecular weight is 235 g/mol. The lowest BCUT2D eigenvalue weighted by Gasteiger charge is -2.20. The summed E-state index contributed by atoms with van der Waals surface area (Å²) in [4.78, 5) is 11.4. The van der Waals surface area contributed by atoms with Crippen LogP contribution in [0.15, 0.2) is 47.1 Å². The molecule has 2 N–H and O–H groups in total. The van der Waals surface area contributed by atoms with Crippen molar-refractivity contribution in [3.05, 3.63) is 48.5 Å². The molecule has 0 aliphatic rings. The van der Waals surface area contributed by atoms with E-state index in [1.807, 2.05) is 13.0 Å². The van der Waals surface area contributed by atoms with Crippen molar-refractivity contribution in [3.63, 3.8) is 0 Å². The summed E-state index contributed by atoms with van der Waals surface area (Å²) in [7, 11) is 0. The Balaban J connectivity index is 2.48. The van der Waals surface area contributed by atoms with Gasteiger partial charge in [-0.3, -0.25) is 4.79 Å². The number of amides is 1. The van der Waals surface area contributed by atoms with Gasteiger partial charge in [-0.05, 0) is 26.0 Å². The van der Waals surface area contributed by atoms with Crippen LogP contribution in [0.1, 0.15) is 19.6 Å². The zero-order valence-electron chi connectivity index (χ0n) is 10.0. The summed E-state index contributed by atoms with van der Waals surface area (Å²) in [6.07, 6.45) is 8.10. The summed E-state index contributed by atoms with van der Waals surface area (Å²) in [5.41, 5.74) is -1.20. The van der Waals surface area contributed by atoms with Gasteiger partial charge in [-0.2, -0.15) is 0 Å². The predicted octanol–water partition coefficient (Wildman–Crippen LogP) is 1.74. The van der Waals surface area contributed by atoms with Gasteiger partial charge >= 0.3 is 0 Å². The van der Waals surface area contributed by atoms with Crippen LogP contribution in [0.4, 0.5) is 0 Å². The predicted molar refractivity (Wildman–Crippen MR) is 65.2 cm³/mol. The standard InChI is InChI=1S/C13H17NO3/c1-3-4-5-8-12(15)14-10-13(2,16)11-7-6-9-17-11/h3-9,16H,10H2,1-2H3,(H,14,15). The van der Waals surface area contributed by atoms with Gasteiger partial charge in [0.15, 0.2) is 0 Å². The number of carbonyl (C=O) groups is 1. The number of aliphatic hydroxyl groups is 1. The van der Waals surface area contributed by atoms with Gasteiger partial charge in [0.25, 0.3) is 0 Å². The van der Waals surface area contributed by atoms with Gasteiger partial charge in [-0.1, -0.05) is 18.2 Å². The van der Waals surface area contributed by atoms with Crippen LogP contribution in [0.3, 0.4) is 0 Å². The Hall–Kier alpha value is -1.81. The van der Waals surface area contributed by atoms with Crippen molar-refractivity contribution in [2.75, 3.05) is 6.54 Å². The SMILES string of the molecule is CC=CC=CC(=O)NCC(C)(O)c1ccco1. The van der Waals surface area contributed by atoms with E-state index in [1.54, 1.807) is 31.2 Å². The van der Waals surface area contributed by atoms with Crippen LogP contribution in [-0.2, 0) is 10.4 Å². The van der Waals surface area contributed by atoms with Gasteiger partial charge in [0.05, 0.1) is 12.8 Å². The molecule has 1 aromatic rings. The summed E-state index contributed by atoms with van der Waals surface area (Å²) in [6.45, 7) is 3.55. The van der Waals surface area contributed by atoms with Gasteiger partial charge < -0.3 is 14.8 Å². The number of furan rings is 1. The van der Waals surface area contributed by atoms with E-state index >= 15 is 0 Å². The second-order valence-electron chi connectivity index (χ2n) is 3.85. The molecule has 0 spiro atoms. The summed E-state index contributed by atoms with van der Waals surface area (Å²) in [6, 6.07) is 3.36. The molecule has 92 valence electrons. The molecule has 0 bridgehead atoms. The van der Waals surface area contributed by atoms with E-state index in [9.17, 15) is 9.90 Å². The van der Waals surface area contributed by atoms with Crippen molar-refractivity contribution >= 4 is 5.91 Å². The third-order valence-electron chi connectivity index (χ3n) is 2.21. The first-order valence-corrected chi connectivity index (χ1v) is 5.40. The maximum absolute atomic E-state index is 11.4. The average Bonchev–Trinajstić information content (AvgIpc) is 2.81. The molecule has 0 fully saturated rings. The molecule has 1 rings (SSSR count). The largest absolute Gasteiger partial charge is 0.466 e. The van der Waals surface area contributed by atoms with Crippen molar-refractivity contribution in [1.29, 1.82) is 0 Å². The molecule has 0 saturated carbocycles. The van der Waals surface area contributed by atoms with Crippen LogP contribution >= 0.6 is 0 Å². The third kappa shape index (κ3) is 4.28. The minimum Gasteiger partial charge on any atom is -0.466 e. The molecule has 4 nitrogen and oxygen atoms in total. The van der Waals surface area contributed by atoms with E-state index in [-0.39, 0.29) is 12.5 Å². The van der Waals surface area contributed by atoms with Crippen LogP contribution in [0.25, 0.3) is 0 Å². The minimum atomic E-state index is -1.20. The molecule has 1 amide bonds. The van der Waals surface area contributed by atoms with E-state index in [1.165, 1.54) is 12.3 Å². The molecule has 0 aliphatic carbocycles. The zero-order chi connectivity index (χ0) is 12.7. The van der Waals surface area contributed by atoms with Crippen molar-refractivity contribution in [2.45, 2.75) is 19.4 Å². The fourth-order valence-electron chi connectivity index (χ4n) is 1.24. The Morgan fingerprint density at radius 1 is 1.59 bits per heavy atom. The van der Waals surface area contributed by atoms with Crippen LogP contribution in [0.5, 0.6) is 0 Å². The lowest BCUT2D eigenvalue weighted by Crippen LogP contribution is -2.37. The molecule has 4 heteroatoms. The van der Waals surface area contributed by atoms with E-state index in [0.717, 1.165) is 0 Å². The first kappa shape index (κ1) is 13.3. The Morgan fingerprint density at radius 2 is 2.35 bits per heavy atom. The summed E-state index contributed by atoms with van der Waals surface area (Å²) < 4.78 is 5.10. The second kappa shape index (κ2) is 6.06. The maximum atomic E-state index is 11.4. The molecule has 1 heterocycles. The number of hydrogen-bond donors (Lipinski definition) is 2. The molecular weight excluding hydrogens is 218 g/mol. The van der Waals surface area contributed by atoms with Gasteiger partial charge in [-0.25, -0.2) is 0 Å². The number of allylic oxidation sites excluding steroid dienone is 3. The second-order valence-corrected chi connectivity index (χ2v) is 3.85. The Labute approximate surface area is 101 Å². The maximum Gasteiger partial charge on any atom is 0.244 e. The first-order chi connectivity index (χ1) is 8.06. The van der Waals surface area contributed by atoms with Gasteiger partial charge in [0, 0.05) is 6.08 Å². The Bertz CT molecular complexity index is 402. The summed E-state index contributed by atoms with van der Waals surface area (Å²) >= 11 is 0. The Kier molecular flexibility index (Phi) is 4.72. The van der Waals surface area contributed by atoms with Crippen LogP contribution in [0.2, 0.25) is 0 Å². The third-order valence-corrected chi connectivity index (χ3v) is 2.21. The highest BCUT2D eigenvalue weighted by Gasteiger charge is 2.26. The zero-order valence-corrected chi connectivity index (χ0v) is 10.0. The van der Waals surface area contributed by atoms with Gasteiger partial charge in [-0.15, -0.1) is 0 Å². The molecule has 1 atom stereocenters. The molecule has 1 aromatic heterocycles. The van der Waals surface area contributed by atoms with Gasteiger partial charge in [0.1, 0.15) is 11.4 Å². The Morgan fingerprint density at radius 3 is 2.94 bits per heavy atom. The molecule has 0 saturated heterocycles. The lowest BCUT2D eigenvalue weighted by atomic mass is 10.0. The van der Waals surface area contributed by atoms with E-state index in [0.29, 0.717) is 5.76 Å². The van der Waals surface area contributed by atoms with E-state index < -0.39 is 5.60 Å². The van der Waals surface area contributed by atoms with E-state index in [2.05, 4.69) is 5.32 Å². The highest BCUT2D eigenvalue weighted by atomic mass is 16.4. The molecule has 17 heavy (non-hydrogen) atoms. The highest BCUT2D eigenvalue weighted by Crippen LogP contribution is 2.19. The van der Waals surface area contributed by atoms with E-state index in [4.69, 9.17) is 4.42 Å². The molecule has 1 unspecified atom stereocenters. The summed E-state index contributed by atoms with van der Waals surface area (Å²) in [5.74, 6) is 0.171. The topological polar surface area (TPSA) is 62.5 Å². The minimum absolute atomic E-state index is 0.0968. The van der Waals surface area contributed by atoms with Crippen molar-refractivity contribution in [3.8, 4) is 0 Å². The quantitative estimate of drug-likeness (QED) is 0.603. The number of rotatable bonds is 5. The van der Waals surface area contributed by atoms with Crippen molar-refractivity contribution in [1.82, 2.24) is 5.32 Å². The summed E-state index contributed by atoms with van der Waals surface area (Å²) in [5, 5.41) is 12.6. The fraction of sp³-hybridized carbons (Fsp3) is 0.308. The number of carbonyl (C=O) groups excluding carboxylic acids is 1. The molecule has 0 radical (unpaired) electrons. The van der Waals surface area contributed by atoms with Crippen molar-refractivity contribution in [2.24, 2.45) is 0 Å². The fourth-order valence-corrected chi connectivity index (χ4v) is 1.24. The van der Waals surface area contributed by atoms with Gasteiger partial charge in [0.2, 0.25) is 5.91 Å². The van der Waals surface area contributed by atoms with Crippen molar-refractivity contribution < 1.29 is 14.3 Å². The smallest absolute Gasteiger partial charge is 0.244 e. The normalized spacial score (nSPS) is 15.2. The molecule has 0 aliphatic heterocycles. The van der Waals surface area contributed by atoms with Crippen LogP contribution in [-0.4, -0.2) is 17.6 Å². The number of hydrogen-bond acceptors (Lipinski definition) is 3. The monoisotopic (exact) mass is 235 g/mol. The highest BCUT2D eigenvalue weighted by molar-refractivity contribution is 5.87. The molecule has 0 aromatic carbocycles.